The standard InChI is InChI=1S/C20H27FN4O3.C19H27F2N3O/c1-3-17(27)23-18(19(28)25-10-8-24(2)9-11-25)20(6-7-20)14-4-5-16(22-13-26)15(21)12-14;1-13(15-3-2-5-18(11-15)6-7-18)23-17(25)16-4-8-22-24(16)12-14-9-19(20,21)10-14/h4-5,12-13,18H,3,6-11H2,1-2H3,(H,22,26)(H,23,27);4,8,13-15H,2-3,5-7,9-12H2,1H3,(H,23,25). The highest BCUT2D eigenvalue weighted by Gasteiger charge is 2.55. The van der Waals surface area contributed by atoms with Gasteiger partial charge in [-0.2, -0.15) is 5.10 Å². The van der Waals surface area contributed by atoms with Crippen LogP contribution in [0.15, 0.2) is 30.5 Å². The van der Waals surface area contributed by atoms with Crippen molar-refractivity contribution in [2.45, 2.75) is 114 Å². The summed E-state index contributed by atoms with van der Waals surface area (Å²) in [5, 5.41) is 12.5. The number of likely N-dealkylation sites (N-methyl/N-ethyl adjacent to an activating group) is 1. The van der Waals surface area contributed by atoms with Crippen molar-refractivity contribution < 1.29 is 32.3 Å². The van der Waals surface area contributed by atoms with Gasteiger partial charge in [0.25, 0.3) is 5.91 Å². The fourth-order valence-electron chi connectivity index (χ4n) is 8.58. The maximum atomic E-state index is 14.4. The average molecular weight is 742 g/mol. The predicted molar refractivity (Wildman–Crippen MR) is 194 cm³/mol. The lowest BCUT2D eigenvalue weighted by Crippen LogP contribution is -2.58. The molecule has 5 aliphatic rings. The first kappa shape index (κ1) is 38.8. The van der Waals surface area contributed by atoms with Crippen LogP contribution in [0.3, 0.4) is 0 Å². The van der Waals surface area contributed by atoms with Crippen LogP contribution in [-0.2, 0) is 26.3 Å². The largest absolute Gasteiger partial charge is 0.348 e. The van der Waals surface area contributed by atoms with Crippen molar-refractivity contribution in [2.24, 2.45) is 17.3 Å². The number of benzene rings is 1. The summed E-state index contributed by atoms with van der Waals surface area (Å²) in [5.74, 6) is -3.07. The van der Waals surface area contributed by atoms with Crippen molar-refractivity contribution in [1.29, 1.82) is 0 Å². The van der Waals surface area contributed by atoms with Crippen LogP contribution in [0.25, 0.3) is 0 Å². The van der Waals surface area contributed by atoms with Crippen molar-refractivity contribution in [3.8, 4) is 0 Å². The smallest absolute Gasteiger partial charge is 0.269 e. The summed E-state index contributed by atoms with van der Waals surface area (Å²) in [6.45, 7) is 7.03. The minimum absolute atomic E-state index is 0.0908. The van der Waals surface area contributed by atoms with E-state index in [4.69, 9.17) is 0 Å². The Morgan fingerprint density at radius 2 is 1.72 bits per heavy atom. The van der Waals surface area contributed by atoms with E-state index in [0.717, 1.165) is 13.1 Å². The summed E-state index contributed by atoms with van der Waals surface area (Å²) in [4.78, 5) is 52.7. The molecule has 5 fully saturated rings. The molecule has 7 rings (SSSR count). The highest BCUT2D eigenvalue weighted by atomic mass is 19.3. The molecule has 53 heavy (non-hydrogen) atoms. The zero-order valence-electron chi connectivity index (χ0n) is 31.1. The molecule has 4 aliphatic carbocycles. The zero-order valence-corrected chi connectivity index (χ0v) is 31.1. The average Bonchev–Trinajstić information content (AvgIpc) is 4.04. The lowest BCUT2D eigenvalue weighted by atomic mass is 9.76. The van der Waals surface area contributed by atoms with Gasteiger partial charge in [-0.1, -0.05) is 19.4 Å². The third-order valence-electron chi connectivity index (χ3n) is 12.3. The first-order valence-electron chi connectivity index (χ1n) is 19.2. The fourth-order valence-corrected chi connectivity index (χ4v) is 8.58. The van der Waals surface area contributed by atoms with Crippen molar-refractivity contribution in [3.05, 3.63) is 47.5 Å². The monoisotopic (exact) mass is 741 g/mol. The molecule has 0 bridgehead atoms. The van der Waals surface area contributed by atoms with E-state index in [1.807, 2.05) is 7.05 Å². The Morgan fingerprint density at radius 3 is 2.32 bits per heavy atom. The molecular formula is C39H54F3N7O4. The number of halogens is 3. The predicted octanol–water partition coefficient (Wildman–Crippen LogP) is 5.11. The summed E-state index contributed by atoms with van der Waals surface area (Å²) in [6, 6.07) is 5.69. The highest BCUT2D eigenvalue weighted by molar-refractivity contribution is 5.92. The molecule has 290 valence electrons. The SMILES string of the molecule is CC(NC(=O)c1ccnn1CC1CC(F)(F)C1)C1CCCC2(CC2)C1.CCC(=O)NC(C(=O)N1CCN(C)CC1)C1(c2ccc(NC=O)c(F)c2)CC1. The number of hydrogen-bond donors (Lipinski definition) is 3. The zero-order chi connectivity index (χ0) is 38.0. The van der Waals surface area contributed by atoms with Crippen molar-refractivity contribution >= 4 is 29.8 Å². The number of carbonyl (C=O) groups excluding carboxylic acids is 4. The Hall–Kier alpha value is -3.94. The molecule has 1 saturated heterocycles. The maximum absolute atomic E-state index is 14.4. The Bertz CT molecular complexity index is 1640. The van der Waals surface area contributed by atoms with Gasteiger partial charge >= 0.3 is 0 Å². The molecule has 4 amide bonds. The lowest BCUT2D eigenvalue weighted by Gasteiger charge is -2.37. The van der Waals surface area contributed by atoms with Gasteiger partial charge in [-0.3, -0.25) is 23.9 Å². The van der Waals surface area contributed by atoms with E-state index < -0.39 is 23.2 Å². The molecule has 1 spiro atoms. The molecule has 4 saturated carbocycles. The summed E-state index contributed by atoms with van der Waals surface area (Å²) in [5.41, 5.74) is 1.23. The van der Waals surface area contributed by atoms with Gasteiger partial charge in [-0.25, -0.2) is 13.2 Å². The summed E-state index contributed by atoms with van der Waals surface area (Å²) in [7, 11) is 2.01. The van der Waals surface area contributed by atoms with E-state index in [-0.39, 0.29) is 54.6 Å². The molecule has 3 unspecified atom stereocenters. The van der Waals surface area contributed by atoms with Crippen LogP contribution in [0.5, 0.6) is 0 Å². The van der Waals surface area contributed by atoms with Gasteiger partial charge in [0.2, 0.25) is 24.1 Å². The Kier molecular flexibility index (Phi) is 11.6. The Morgan fingerprint density at radius 1 is 1.00 bits per heavy atom. The van der Waals surface area contributed by atoms with Gasteiger partial charge in [0.15, 0.2) is 0 Å². The van der Waals surface area contributed by atoms with Crippen LogP contribution < -0.4 is 16.0 Å². The van der Waals surface area contributed by atoms with Crippen LogP contribution in [0.1, 0.15) is 101 Å². The molecule has 3 N–H and O–H groups in total. The molecule has 1 aromatic heterocycles. The second-order valence-electron chi connectivity index (χ2n) is 16.2. The topological polar surface area (TPSA) is 129 Å². The first-order chi connectivity index (χ1) is 25.3. The molecule has 14 heteroatoms. The summed E-state index contributed by atoms with van der Waals surface area (Å²) < 4.78 is 42.0. The normalized spacial score (nSPS) is 23.7. The second kappa shape index (κ2) is 15.8. The van der Waals surface area contributed by atoms with E-state index in [1.165, 1.54) is 50.7 Å². The number of amides is 4. The van der Waals surface area contributed by atoms with Crippen molar-refractivity contribution in [2.75, 3.05) is 38.5 Å². The summed E-state index contributed by atoms with van der Waals surface area (Å²) >= 11 is 0. The number of carbonyl (C=O) groups is 4. The minimum atomic E-state index is -2.53. The number of nitrogens with one attached hydrogen (secondary N) is 3. The number of piperazine rings is 1. The maximum Gasteiger partial charge on any atom is 0.269 e. The Balaban J connectivity index is 0.000000182. The second-order valence-corrected chi connectivity index (χ2v) is 16.2. The third-order valence-corrected chi connectivity index (χ3v) is 12.3. The fraction of sp³-hybridized carbons (Fsp3) is 0.667. The number of rotatable bonds is 12. The van der Waals surface area contributed by atoms with Crippen molar-refractivity contribution in [1.82, 2.24) is 30.2 Å². The van der Waals surface area contributed by atoms with Gasteiger partial charge in [0.1, 0.15) is 17.6 Å². The Labute approximate surface area is 309 Å². The molecule has 11 nitrogen and oxygen atoms in total. The van der Waals surface area contributed by atoms with E-state index in [1.54, 1.807) is 34.8 Å². The van der Waals surface area contributed by atoms with Gasteiger partial charge in [-0.05, 0) is 99.9 Å². The van der Waals surface area contributed by atoms with Crippen LogP contribution in [0, 0.1) is 23.1 Å². The molecule has 2 heterocycles. The van der Waals surface area contributed by atoms with Gasteiger partial charge in [-0.15, -0.1) is 0 Å². The van der Waals surface area contributed by atoms with Crippen molar-refractivity contribution in [3.63, 3.8) is 0 Å². The van der Waals surface area contributed by atoms with E-state index in [0.29, 0.717) is 61.5 Å². The third kappa shape index (κ3) is 9.06. The van der Waals surface area contributed by atoms with Crippen LogP contribution in [-0.4, -0.2) is 94.9 Å². The van der Waals surface area contributed by atoms with Crippen LogP contribution in [0.4, 0.5) is 18.9 Å². The first-order valence-corrected chi connectivity index (χ1v) is 19.2. The van der Waals surface area contributed by atoms with E-state index in [9.17, 15) is 32.3 Å². The molecule has 1 aromatic carbocycles. The lowest BCUT2D eigenvalue weighted by molar-refractivity contribution is -0.138. The van der Waals surface area contributed by atoms with Crippen LogP contribution in [0.2, 0.25) is 0 Å². The van der Waals surface area contributed by atoms with Gasteiger partial charge in [0.05, 0.1) is 5.69 Å². The number of aromatic nitrogens is 2. The number of hydrogen-bond acceptors (Lipinski definition) is 6. The number of anilines is 1. The highest BCUT2D eigenvalue weighted by Crippen LogP contribution is 2.58. The molecular weight excluding hydrogens is 687 g/mol. The number of alkyl halides is 2. The van der Waals surface area contributed by atoms with Crippen LogP contribution >= 0.6 is 0 Å². The summed E-state index contributed by atoms with van der Waals surface area (Å²) in [6.07, 6.45) is 11.2. The molecule has 1 aliphatic heterocycles. The molecule has 2 aromatic rings. The molecule has 3 atom stereocenters. The number of nitrogens with zero attached hydrogens (tertiary/aromatic N) is 4. The van der Waals surface area contributed by atoms with E-state index in [2.05, 4.69) is 32.9 Å². The minimum Gasteiger partial charge on any atom is -0.348 e. The van der Waals surface area contributed by atoms with Gasteiger partial charge < -0.3 is 25.8 Å². The van der Waals surface area contributed by atoms with Gasteiger partial charge in [0, 0.05) is 69.6 Å². The quantitative estimate of drug-likeness (QED) is 0.260. The molecule has 0 radical (unpaired) electrons. The van der Waals surface area contributed by atoms with E-state index >= 15 is 0 Å².